The van der Waals surface area contributed by atoms with E-state index in [-0.39, 0.29) is 30.3 Å². The SMILES string of the molecule is Cc1noc(C)c1S(=O)(=O)N1CCN(CC(=O)NC(=O)Nc2ccc3c(c2)OCCO3)CC1. The second-order valence-electron chi connectivity index (χ2n) is 7.69. The Morgan fingerprint density at radius 1 is 1.06 bits per heavy atom. The van der Waals surface area contributed by atoms with E-state index in [1.165, 1.54) is 4.31 Å². The molecule has 13 heteroatoms. The van der Waals surface area contributed by atoms with E-state index < -0.39 is 22.0 Å². The highest BCUT2D eigenvalue weighted by Gasteiger charge is 2.33. The molecule has 1 fully saturated rings. The number of anilines is 1. The summed E-state index contributed by atoms with van der Waals surface area (Å²) in [6.07, 6.45) is 0. The van der Waals surface area contributed by atoms with Crippen LogP contribution in [-0.4, -0.2) is 80.7 Å². The maximum Gasteiger partial charge on any atom is 0.325 e. The number of rotatable bonds is 5. The maximum atomic E-state index is 12.9. The fourth-order valence-corrected chi connectivity index (χ4v) is 5.47. The van der Waals surface area contributed by atoms with E-state index in [1.807, 2.05) is 0 Å². The highest BCUT2D eigenvalue weighted by molar-refractivity contribution is 7.89. The van der Waals surface area contributed by atoms with Crippen molar-refractivity contribution >= 4 is 27.6 Å². The van der Waals surface area contributed by atoms with Gasteiger partial charge in [-0.3, -0.25) is 15.0 Å². The van der Waals surface area contributed by atoms with Crippen LogP contribution in [0.4, 0.5) is 10.5 Å². The largest absolute Gasteiger partial charge is 0.486 e. The van der Waals surface area contributed by atoms with Gasteiger partial charge in [0.2, 0.25) is 15.9 Å². The molecule has 0 radical (unpaired) electrons. The summed E-state index contributed by atoms with van der Waals surface area (Å²) in [6.45, 7) is 5.12. The highest BCUT2D eigenvalue weighted by atomic mass is 32.2. The molecule has 0 spiro atoms. The van der Waals surface area contributed by atoms with Gasteiger partial charge in [0.25, 0.3) is 0 Å². The fraction of sp³-hybridized carbons (Fsp3) is 0.450. The number of fused-ring (bicyclic) bond motifs is 1. The summed E-state index contributed by atoms with van der Waals surface area (Å²) in [5.74, 6) is 0.874. The molecular formula is C20H25N5O7S. The Hall–Kier alpha value is -3.16. The Labute approximate surface area is 190 Å². The smallest absolute Gasteiger partial charge is 0.325 e. The molecule has 1 saturated heterocycles. The number of imide groups is 1. The first-order valence-electron chi connectivity index (χ1n) is 10.4. The number of sulfonamides is 1. The van der Waals surface area contributed by atoms with Crippen molar-refractivity contribution in [3.63, 3.8) is 0 Å². The van der Waals surface area contributed by atoms with E-state index in [4.69, 9.17) is 14.0 Å². The summed E-state index contributed by atoms with van der Waals surface area (Å²) in [5.41, 5.74) is 0.779. The average Bonchev–Trinajstić information content (AvgIpc) is 3.12. The van der Waals surface area contributed by atoms with Crippen molar-refractivity contribution in [1.29, 1.82) is 0 Å². The number of ether oxygens (including phenoxy) is 2. The second kappa shape index (κ2) is 9.37. The lowest BCUT2D eigenvalue weighted by molar-refractivity contribution is -0.121. The zero-order chi connectivity index (χ0) is 23.6. The summed E-state index contributed by atoms with van der Waals surface area (Å²) in [4.78, 5) is 26.3. The Morgan fingerprint density at radius 3 is 2.42 bits per heavy atom. The number of amides is 3. The summed E-state index contributed by atoms with van der Waals surface area (Å²) in [6, 6.07) is 4.28. The highest BCUT2D eigenvalue weighted by Crippen LogP contribution is 2.32. The van der Waals surface area contributed by atoms with Crippen LogP contribution in [0.15, 0.2) is 27.6 Å². The lowest BCUT2D eigenvalue weighted by atomic mass is 10.2. The maximum absolute atomic E-state index is 12.9. The van der Waals surface area contributed by atoms with Gasteiger partial charge in [-0.2, -0.15) is 4.31 Å². The summed E-state index contributed by atoms with van der Waals surface area (Å²) in [5, 5.41) is 8.58. The van der Waals surface area contributed by atoms with E-state index in [2.05, 4.69) is 15.8 Å². The van der Waals surface area contributed by atoms with Crippen LogP contribution in [0, 0.1) is 13.8 Å². The van der Waals surface area contributed by atoms with Crippen LogP contribution in [-0.2, 0) is 14.8 Å². The van der Waals surface area contributed by atoms with Crippen molar-refractivity contribution in [2.75, 3.05) is 51.3 Å². The summed E-state index contributed by atoms with van der Waals surface area (Å²) >= 11 is 0. The first kappa shape index (κ1) is 23.0. The standard InChI is InChI=1S/C20H25N5O7S/c1-13-19(14(2)32-23-13)33(28,29)25-7-5-24(6-8-25)12-18(26)22-20(27)21-15-3-4-16-17(11-15)31-10-9-30-16/h3-4,11H,5-10,12H2,1-2H3,(H2,21,22,26,27). The molecule has 12 nitrogen and oxygen atoms in total. The van der Waals surface area contributed by atoms with E-state index in [0.717, 1.165) is 0 Å². The van der Waals surface area contributed by atoms with E-state index in [1.54, 1.807) is 36.9 Å². The fourth-order valence-electron chi connectivity index (χ4n) is 3.75. The molecule has 2 aromatic rings. The molecule has 33 heavy (non-hydrogen) atoms. The van der Waals surface area contributed by atoms with Crippen molar-refractivity contribution < 1.29 is 32.0 Å². The minimum absolute atomic E-state index is 0.0340. The Morgan fingerprint density at radius 2 is 1.76 bits per heavy atom. The number of aryl methyl sites for hydroxylation is 2. The van der Waals surface area contributed by atoms with Crippen LogP contribution in [0.3, 0.4) is 0 Å². The lowest BCUT2D eigenvalue weighted by Crippen LogP contribution is -2.51. The number of aromatic nitrogens is 1. The van der Waals surface area contributed by atoms with Crippen LogP contribution >= 0.6 is 0 Å². The number of piperazine rings is 1. The zero-order valence-electron chi connectivity index (χ0n) is 18.3. The zero-order valence-corrected chi connectivity index (χ0v) is 19.1. The third-order valence-corrected chi connectivity index (χ3v) is 7.46. The Bertz CT molecular complexity index is 1140. The minimum atomic E-state index is -3.73. The van der Waals surface area contributed by atoms with E-state index >= 15 is 0 Å². The average molecular weight is 480 g/mol. The summed E-state index contributed by atoms with van der Waals surface area (Å²) < 4.78 is 43.0. The van der Waals surface area contributed by atoms with Gasteiger partial charge < -0.3 is 19.3 Å². The van der Waals surface area contributed by atoms with Crippen molar-refractivity contribution in [2.45, 2.75) is 18.7 Å². The molecule has 3 amide bonds. The van der Waals surface area contributed by atoms with Crippen LogP contribution < -0.4 is 20.1 Å². The molecule has 0 aliphatic carbocycles. The Balaban J connectivity index is 1.26. The molecule has 0 bridgehead atoms. The van der Waals surface area contributed by atoms with Crippen LogP contribution in [0.5, 0.6) is 11.5 Å². The topological polar surface area (TPSA) is 143 Å². The number of hydrogen-bond acceptors (Lipinski definition) is 9. The van der Waals surface area contributed by atoms with Crippen LogP contribution in [0.2, 0.25) is 0 Å². The van der Waals surface area contributed by atoms with Gasteiger partial charge in [-0.05, 0) is 26.0 Å². The lowest BCUT2D eigenvalue weighted by Gasteiger charge is -2.33. The van der Waals surface area contributed by atoms with Gasteiger partial charge in [0, 0.05) is 37.9 Å². The van der Waals surface area contributed by atoms with Crippen LogP contribution in [0.1, 0.15) is 11.5 Å². The molecule has 0 unspecified atom stereocenters. The number of benzene rings is 1. The summed E-state index contributed by atoms with van der Waals surface area (Å²) in [7, 11) is -3.73. The third kappa shape index (κ3) is 5.10. The molecule has 0 saturated carbocycles. The number of urea groups is 1. The molecule has 1 aromatic carbocycles. The first-order chi connectivity index (χ1) is 15.7. The van der Waals surface area contributed by atoms with Gasteiger partial charge in [0.15, 0.2) is 17.3 Å². The number of carbonyl (C=O) groups is 2. The number of carbonyl (C=O) groups excluding carboxylic acids is 2. The molecule has 0 atom stereocenters. The van der Waals surface area contributed by atoms with Crippen molar-refractivity contribution in [1.82, 2.24) is 19.7 Å². The van der Waals surface area contributed by atoms with Gasteiger partial charge in [-0.15, -0.1) is 0 Å². The quantitative estimate of drug-likeness (QED) is 0.634. The number of hydrogen-bond donors (Lipinski definition) is 2. The molecule has 1 aromatic heterocycles. The molecule has 2 N–H and O–H groups in total. The van der Waals surface area contributed by atoms with E-state index in [9.17, 15) is 18.0 Å². The van der Waals surface area contributed by atoms with E-state index in [0.29, 0.717) is 49.2 Å². The van der Waals surface area contributed by atoms with Gasteiger partial charge in [-0.1, -0.05) is 5.16 Å². The molecular weight excluding hydrogens is 454 g/mol. The molecule has 2 aliphatic rings. The molecule has 178 valence electrons. The second-order valence-corrected chi connectivity index (χ2v) is 9.57. The molecule has 4 rings (SSSR count). The predicted molar refractivity (Wildman–Crippen MR) is 116 cm³/mol. The van der Waals surface area contributed by atoms with Crippen molar-refractivity contribution in [2.24, 2.45) is 0 Å². The van der Waals surface area contributed by atoms with Crippen molar-refractivity contribution in [3.05, 3.63) is 29.7 Å². The third-order valence-electron chi connectivity index (χ3n) is 5.32. The van der Waals surface area contributed by atoms with Gasteiger partial charge >= 0.3 is 6.03 Å². The van der Waals surface area contributed by atoms with Gasteiger partial charge in [0.1, 0.15) is 23.8 Å². The molecule has 2 aliphatic heterocycles. The normalized spacial score (nSPS) is 16.9. The van der Waals surface area contributed by atoms with Crippen molar-refractivity contribution in [3.8, 4) is 11.5 Å². The van der Waals surface area contributed by atoms with Gasteiger partial charge in [0.05, 0.1) is 6.54 Å². The monoisotopic (exact) mass is 479 g/mol. The first-order valence-corrected chi connectivity index (χ1v) is 11.8. The molecule has 3 heterocycles. The van der Waals surface area contributed by atoms with Gasteiger partial charge in [-0.25, -0.2) is 13.2 Å². The predicted octanol–water partition coefficient (Wildman–Crippen LogP) is 0.717. The Kier molecular flexibility index (Phi) is 6.54. The van der Waals surface area contributed by atoms with Crippen LogP contribution in [0.25, 0.3) is 0 Å². The number of nitrogens with zero attached hydrogens (tertiary/aromatic N) is 3. The number of nitrogens with one attached hydrogen (secondary N) is 2. The minimum Gasteiger partial charge on any atom is -0.486 e.